The Morgan fingerprint density at radius 3 is 2.38 bits per heavy atom. The van der Waals surface area contributed by atoms with Crippen LogP contribution in [0.1, 0.15) is 12.5 Å². The van der Waals surface area contributed by atoms with Gasteiger partial charge in [-0.2, -0.15) is 4.72 Å². The molecule has 2 rings (SSSR count). The molecule has 0 unspecified atom stereocenters. The van der Waals surface area contributed by atoms with Crippen LogP contribution >= 0.6 is 11.6 Å². The maximum atomic E-state index is 13.1. The standard InChI is InChI=1S/C16H16ClFN2O3S/c1-10-3-6-13(7-4-10)24(22,23)20-11(2)16(21)19-12-5-8-15(18)14(17)9-12/h3-9,11,20H,1-2H3,(H,19,21)/t11-/m1/s1. The zero-order valence-electron chi connectivity index (χ0n) is 13.0. The highest BCUT2D eigenvalue weighted by Gasteiger charge is 2.22. The Labute approximate surface area is 144 Å². The average Bonchev–Trinajstić information content (AvgIpc) is 2.51. The third kappa shape index (κ3) is 4.53. The molecule has 24 heavy (non-hydrogen) atoms. The molecule has 128 valence electrons. The highest BCUT2D eigenvalue weighted by atomic mass is 35.5. The van der Waals surface area contributed by atoms with E-state index in [0.717, 1.165) is 11.6 Å². The van der Waals surface area contributed by atoms with E-state index in [4.69, 9.17) is 11.6 Å². The Bertz CT molecular complexity index is 854. The maximum Gasteiger partial charge on any atom is 0.242 e. The smallest absolute Gasteiger partial charge is 0.242 e. The molecule has 1 atom stereocenters. The van der Waals surface area contributed by atoms with E-state index in [2.05, 4.69) is 10.0 Å². The summed E-state index contributed by atoms with van der Waals surface area (Å²) < 4.78 is 39.9. The minimum absolute atomic E-state index is 0.0672. The number of hydrogen-bond acceptors (Lipinski definition) is 3. The Morgan fingerprint density at radius 2 is 1.79 bits per heavy atom. The zero-order valence-corrected chi connectivity index (χ0v) is 14.6. The summed E-state index contributed by atoms with van der Waals surface area (Å²) in [5.74, 6) is -1.20. The molecule has 8 heteroatoms. The number of amides is 1. The molecular formula is C16H16ClFN2O3S. The fraction of sp³-hybridized carbons (Fsp3) is 0.188. The summed E-state index contributed by atoms with van der Waals surface area (Å²) in [5, 5.41) is 2.34. The summed E-state index contributed by atoms with van der Waals surface area (Å²) in [6, 6.07) is 8.92. The van der Waals surface area contributed by atoms with Gasteiger partial charge in [0.1, 0.15) is 5.82 Å². The molecule has 2 N–H and O–H groups in total. The molecule has 0 bridgehead atoms. The van der Waals surface area contributed by atoms with Crippen molar-refractivity contribution in [3.8, 4) is 0 Å². The fourth-order valence-corrected chi connectivity index (χ4v) is 3.28. The van der Waals surface area contributed by atoms with Crippen LogP contribution in [0.4, 0.5) is 10.1 Å². The molecule has 0 aliphatic rings. The lowest BCUT2D eigenvalue weighted by Crippen LogP contribution is -2.41. The normalized spacial score (nSPS) is 12.7. The second kappa shape index (κ2) is 7.29. The van der Waals surface area contributed by atoms with Gasteiger partial charge in [0.25, 0.3) is 0 Å². The van der Waals surface area contributed by atoms with Gasteiger partial charge in [0.15, 0.2) is 0 Å². The lowest BCUT2D eigenvalue weighted by Gasteiger charge is -2.15. The minimum Gasteiger partial charge on any atom is -0.325 e. The minimum atomic E-state index is -3.83. The predicted octanol–water partition coefficient (Wildman–Crippen LogP) is 3.09. The number of halogens is 2. The van der Waals surface area contributed by atoms with Gasteiger partial charge < -0.3 is 5.32 Å². The third-order valence-corrected chi connectivity index (χ3v) is 5.09. The molecule has 0 spiro atoms. The van der Waals surface area contributed by atoms with Crippen molar-refractivity contribution in [3.05, 3.63) is 58.9 Å². The number of rotatable bonds is 5. The van der Waals surface area contributed by atoms with Crippen LogP contribution in [-0.4, -0.2) is 20.4 Å². The van der Waals surface area contributed by atoms with Gasteiger partial charge in [-0.25, -0.2) is 12.8 Å². The number of hydrogen-bond donors (Lipinski definition) is 2. The SMILES string of the molecule is Cc1ccc(S(=O)(=O)N[C@H](C)C(=O)Nc2ccc(F)c(Cl)c2)cc1. The first kappa shape index (κ1) is 18.4. The summed E-state index contributed by atoms with van der Waals surface area (Å²) in [6.07, 6.45) is 0. The van der Waals surface area contributed by atoms with E-state index in [0.29, 0.717) is 0 Å². The summed E-state index contributed by atoms with van der Waals surface area (Å²) in [7, 11) is -3.83. The predicted molar refractivity (Wildman–Crippen MR) is 91.0 cm³/mol. The maximum absolute atomic E-state index is 13.1. The number of benzene rings is 2. The first-order chi connectivity index (χ1) is 11.2. The van der Waals surface area contributed by atoms with Crippen molar-refractivity contribution in [2.45, 2.75) is 24.8 Å². The van der Waals surface area contributed by atoms with Crippen molar-refractivity contribution in [2.75, 3.05) is 5.32 Å². The summed E-state index contributed by atoms with van der Waals surface area (Å²) in [6.45, 7) is 3.25. The largest absolute Gasteiger partial charge is 0.325 e. The summed E-state index contributed by atoms with van der Waals surface area (Å²) in [5.41, 5.74) is 1.20. The molecule has 0 heterocycles. The Kier molecular flexibility index (Phi) is 5.58. The molecule has 0 aromatic heterocycles. The van der Waals surface area contributed by atoms with E-state index in [1.807, 2.05) is 6.92 Å². The van der Waals surface area contributed by atoms with Gasteiger partial charge >= 0.3 is 0 Å². The van der Waals surface area contributed by atoms with E-state index in [9.17, 15) is 17.6 Å². The van der Waals surface area contributed by atoms with E-state index in [-0.39, 0.29) is 15.6 Å². The molecule has 0 radical (unpaired) electrons. The van der Waals surface area contributed by atoms with E-state index >= 15 is 0 Å². The second-order valence-electron chi connectivity index (χ2n) is 5.27. The van der Waals surface area contributed by atoms with E-state index < -0.39 is 27.8 Å². The van der Waals surface area contributed by atoms with Crippen LogP contribution in [0.2, 0.25) is 5.02 Å². The highest BCUT2D eigenvalue weighted by molar-refractivity contribution is 7.89. The second-order valence-corrected chi connectivity index (χ2v) is 7.40. The monoisotopic (exact) mass is 370 g/mol. The molecule has 0 aliphatic carbocycles. The van der Waals surface area contributed by atoms with Crippen LogP contribution in [0.5, 0.6) is 0 Å². The van der Waals surface area contributed by atoms with E-state index in [1.165, 1.54) is 31.2 Å². The molecule has 5 nitrogen and oxygen atoms in total. The van der Waals surface area contributed by atoms with Gasteiger partial charge in [-0.15, -0.1) is 0 Å². The van der Waals surface area contributed by atoms with E-state index in [1.54, 1.807) is 12.1 Å². The van der Waals surface area contributed by atoms with Crippen LogP contribution < -0.4 is 10.0 Å². The molecule has 1 amide bonds. The highest BCUT2D eigenvalue weighted by Crippen LogP contribution is 2.19. The molecule has 0 fully saturated rings. The molecule has 2 aromatic carbocycles. The van der Waals surface area contributed by atoms with Gasteiger partial charge in [0.05, 0.1) is 16.0 Å². The van der Waals surface area contributed by atoms with Crippen molar-refractivity contribution in [1.29, 1.82) is 0 Å². The van der Waals surface area contributed by atoms with Crippen LogP contribution in [0, 0.1) is 12.7 Å². The topological polar surface area (TPSA) is 75.3 Å². The van der Waals surface area contributed by atoms with Crippen molar-refractivity contribution in [2.24, 2.45) is 0 Å². The molecule has 0 aliphatic heterocycles. The number of nitrogens with one attached hydrogen (secondary N) is 2. The van der Waals surface area contributed by atoms with Crippen LogP contribution in [0.25, 0.3) is 0 Å². The van der Waals surface area contributed by atoms with Gasteiger partial charge in [-0.1, -0.05) is 29.3 Å². The number of anilines is 1. The molecule has 0 saturated carbocycles. The quantitative estimate of drug-likeness (QED) is 0.849. The molecular weight excluding hydrogens is 355 g/mol. The Hall–Kier alpha value is -1.96. The van der Waals surface area contributed by atoms with Crippen LogP contribution in [0.15, 0.2) is 47.4 Å². The van der Waals surface area contributed by atoms with Crippen molar-refractivity contribution >= 4 is 33.2 Å². The lowest BCUT2D eigenvalue weighted by atomic mass is 10.2. The Balaban J connectivity index is 2.07. The summed E-state index contributed by atoms with van der Waals surface area (Å²) >= 11 is 5.64. The fourth-order valence-electron chi connectivity index (χ4n) is 1.90. The van der Waals surface area contributed by atoms with Gasteiger partial charge in [-0.3, -0.25) is 4.79 Å². The van der Waals surface area contributed by atoms with Gasteiger partial charge in [0.2, 0.25) is 15.9 Å². The number of carbonyl (C=O) groups excluding carboxylic acids is 1. The molecule has 0 saturated heterocycles. The Morgan fingerprint density at radius 1 is 1.17 bits per heavy atom. The average molecular weight is 371 g/mol. The lowest BCUT2D eigenvalue weighted by molar-refractivity contribution is -0.117. The number of carbonyl (C=O) groups is 1. The first-order valence-electron chi connectivity index (χ1n) is 7.04. The van der Waals surface area contributed by atoms with Crippen molar-refractivity contribution in [3.63, 3.8) is 0 Å². The zero-order chi connectivity index (χ0) is 17.9. The van der Waals surface area contributed by atoms with Gasteiger partial charge in [-0.05, 0) is 44.2 Å². The number of sulfonamides is 1. The van der Waals surface area contributed by atoms with Crippen molar-refractivity contribution < 1.29 is 17.6 Å². The van der Waals surface area contributed by atoms with Crippen LogP contribution in [-0.2, 0) is 14.8 Å². The van der Waals surface area contributed by atoms with Crippen molar-refractivity contribution in [1.82, 2.24) is 4.72 Å². The summed E-state index contributed by atoms with van der Waals surface area (Å²) in [4.78, 5) is 12.2. The molecule has 2 aromatic rings. The third-order valence-electron chi connectivity index (χ3n) is 3.24. The van der Waals surface area contributed by atoms with Crippen LogP contribution in [0.3, 0.4) is 0 Å². The number of aryl methyl sites for hydroxylation is 1. The first-order valence-corrected chi connectivity index (χ1v) is 8.90. The van der Waals surface area contributed by atoms with Gasteiger partial charge in [0, 0.05) is 5.69 Å².